The minimum Gasteiger partial charge on any atom is -0.383 e. The lowest BCUT2D eigenvalue weighted by Gasteiger charge is -2.24. The van der Waals surface area contributed by atoms with Crippen LogP contribution in [-0.2, 0) is 4.74 Å². The minimum atomic E-state index is 0.840. The van der Waals surface area contributed by atoms with Crippen LogP contribution in [0.3, 0.4) is 0 Å². The third kappa shape index (κ3) is 6.75. The zero-order chi connectivity index (χ0) is 13.1. The molecule has 0 aliphatic heterocycles. The first-order valence-corrected chi connectivity index (χ1v) is 8.08. The van der Waals surface area contributed by atoms with E-state index in [2.05, 4.69) is 12.2 Å². The third-order valence-electron chi connectivity index (χ3n) is 4.38. The Morgan fingerprint density at radius 2 is 1.94 bits per heavy atom. The van der Waals surface area contributed by atoms with E-state index in [1.54, 1.807) is 7.11 Å². The fourth-order valence-corrected chi connectivity index (χ4v) is 3.23. The highest BCUT2D eigenvalue weighted by molar-refractivity contribution is 4.77. The van der Waals surface area contributed by atoms with Gasteiger partial charge < -0.3 is 10.1 Å². The summed E-state index contributed by atoms with van der Waals surface area (Å²) in [7, 11) is 1.78. The number of rotatable bonds is 11. The van der Waals surface area contributed by atoms with E-state index in [0.29, 0.717) is 0 Å². The summed E-state index contributed by atoms with van der Waals surface area (Å²) >= 11 is 0. The molecule has 0 saturated heterocycles. The second kappa shape index (κ2) is 10.8. The van der Waals surface area contributed by atoms with Crippen molar-refractivity contribution in [2.75, 3.05) is 26.8 Å². The van der Waals surface area contributed by atoms with Crippen LogP contribution in [0, 0.1) is 11.8 Å². The summed E-state index contributed by atoms with van der Waals surface area (Å²) in [6.45, 7) is 5.35. The Morgan fingerprint density at radius 3 is 2.61 bits per heavy atom. The molecule has 1 rings (SSSR count). The molecule has 1 fully saturated rings. The molecule has 1 saturated carbocycles. The van der Waals surface area contributed by atoms with Crippen LogP contribution in [0.1, 0.15) is 64.7 Å². The lowest BCUT2D eigenvalue weighted by molar-refractivity contribution is 0.194. The van der Waals surface area contributed by atoms with Crippen molar-refractivity contribution >= 4 is 0 Å². The molecule has 108 valence electrons. The number of hydrogen-bond donors (Lipinski definition) is 1. The SMILES string of the molecule is CCCCCCC(CNCCOC)C1CCCC1. The van der Waals surface area contributed by atoms with Crippen molar-refractivity contribution in [3.05, 3.63) is 0 Å². The molecular formula is C16H33NO. The number of methoxy groups -OCH3 is 1. The summed E-state index contributed by atoms with van der Waals surface area (Å²) in [5.41, 5.74) is 0. The fraction of sp³-hybridized carbons (Fsp3) is 1.00. The maximum absolute atomic E-state index is 5.10. The van der Waals surface area contributed by atoms with Gasteiger partial charge in [-0.25, -0.2) is 0 Å². The van der Waals surface area contributed by atoms with E-state index in [1.165, 1.54) is 64.3 Å². The lowest BCUT2D eigenvalue weighted by Crippen LogP contribution is -2.29. The maximum Gasteiger partial charge on any atom is 0.0587 e. The van der Waals surface area contributed by atoms with Gasteiger partial charge in [-0.2, -0.15) is 0 Å². The fourth-order valence-electron chi connectivity index (χ4n) is 3.23. The van der Waals surface area contributed by atoms with Crippen LogP contribution in [0.15, 0.2) is 0 Å². The topological polar surface area (TPSA) is 21.3 Å². The predicted molar refractivity (Wildman–Crippen MR) is 79.0 cm³/mol. The quantitative estimate of drug-likeness (QED) is 0.563. The van der Waals surface area contributed by atoms with E-state index in [-0.39, 0.29) is 0 Å². The molecule has 1 aliphatic carbocycles. The Labute approximate surface area is 114 Å². The summed E-state index contributed by atoms with van der Waals surface area (Å²) in [5, 5.41) is 3.58. The summed E-state index contributed by atoms with van der Waals surface area (Å²) in [5.74, 6) is 1.92. The molecule has 1 unspecified atom stereocenters. The van der Waals surface area contributed by atoms with Gasteiger partial charge in [-0.05, 0) is 24.8 Å². The van der Waals surface area contributed by atoms with Gasteiger partial charge in [0, 0.05) is 13.7 Å². The van der Waals surface area contributed by atoms with Crippen LogP contribution in [0.5, 0.6) is 0 Å². The Balaban J connectivity index is 2.18. The van der Waals surface area contributed by atoms with Gasteiger partial charge in [0.25, 0.3) is 0 Å². The Morgan fingerprint density at radius 1 is 1.17 bits per heavy atom. The largest absolute Gasteiger partial charge is 0.383 e. The highest BCUT2D eigenvalue weighted by atomic mass is 16.5. The van der Waals surface area contributed by atoms with Crippen LogP contribution < -0.4 is 5.32 Å². The summed E-state index contributed by atoms with van der Waals surface area (Å²) in [6, 6.07) is 0. The standard InChI is InChI=1S/C16H33NO/c1-3-4-5-6-11-16(14-17-12-13-18-2)15-9-7-8-10-15/h15-17H,3-14H2,1-2H3. The molecule has 1 N–H and O–H groups in total. The summed E-state index contributed by atoms with van der Waals surface area (Å²) in [6.07, 6.45) is 12.9. The van der Waals surface area contributed by atoms with E-state index in [1.807, 2.05) is 0 Å². The molecule has 1 atom stereocenters. The molecule has 0 heterocycles. The van der Waals surface area contributed by atoms with Crippen LogP contribution in [0.4, 0.5) is 0 Å². The Kier molecular flexibility index (Phi) is 9.59. The van der Waals surface area contributed by atoms with Gasteiger partial charge in [-0.1, -0.05) is 58.3 Å². The third-order valence-corrected chi connectivity index (χ3v) is 4.38. The smallest absolute Gasteiger partial charge is 0.0587 e. The van der Waals surface area contributed by atoms with Crippen molar-refractivity contribution in [1.82, 2.24) is 5.32 Å². The average Bonchev–Trinajstić information content (AvgIpc) is 2.91. The van der Waals surface area contributed by atoms with Gasteiger partial charge in [0.15, 0.2) is 0 Å². The zero-order valence-corrected chi connectivity index (χ0v) is 12.5. The molecule has 0 spiro atoms. The first kappa shape index (κ1) is 16.0. The number of hydrogen-bond acceptors (Lipinski definition) is 2. The van der Waals surface area contributed by atoms with Crippen molar-refractivity contribution in [2.24, 2.45) is 11.8 Å². The number of nitrogens with one attached hydrogen (secondary N) is 1. The highest BCUT2D eigenvalue weighted by Crippen LogP contribution is 2.33. The van der Waals surface area contributed by atoms with Crippen LogP contribution in [-0.4, -0.2) is 26.8 Å². The van der Waals surface area contributed by atoms with Gasteiger partial charge in [0.2, 0.25) is 0 Å². The molecule has 2 nitrogen and oxygen atoms in total. The van der Waals surface area contributed by atoms with Gasteiger partial charge in [0.05, 0.1) is 6.61 Å². The van der Waals surface area contributed by atoms with E-state index in [9.17, 15) is 0 Å². The van der Waals surface area contributed by atoms with Crippen molar-refractivity contribution in [3.63, 3.8) is 0 Å². The molecule has 0 radical (unpaired) electrons. The minimum absolute atomic E-state index is 0.840. The van der Waals surface area contributed by atoms with Gasteiger partial charge in [0.1, 0.15) is 0 Å². The lowest BCUT2D eigenvalue weighted by atomic mass is 9.86. The summed E-state index contributed by atoms with van der Waals surface area (Å²) < 4.78 is 5.10. The monoisotopic (exact) mass is 255 g/mol. The van der Waals surface area contributed by atoms with Gasteiger partial charge >= 0.3 is 0 Å². The summed E-state index contributed by atoms with van der Waals surface area (Å²) in [4.78, 5) is 0. The van der Waals surface area contributed by atoms with Crippen LogP contribution >= 0.6 is 0 Å². The van der Waals surface area contributed by atoms with Crippen molar-refractivity contribution < 1.29 is 4.74 Å². The highest BCUT2D eigenvalue weighted by Gasteiger charge is 2.24. The van der Waals surface area contributed by atoms with Crippen LogP contribution in [0.25, 0.3) is 0 Å². The van der Waals surface area contributed by atoms with E-state index < -0.39 is 0 Å². The Bertz CT molecular complexity index is 166. The van der Waals surface area contributed by atoms with Crippen molar-refractivity contribution in [3.8, 4) is 0 Å². The molecular weight excluding hydrogens is 222 g/mol. The average molecular weight is 255 g/mol. The first-order chi connectivity index (χ1) is 8.88. The molecule has 0 bridgehead atoms. The van der Waals surface area contributed by atoms with E-state index in [4.69, 9.17) is 4.74 Å². The van der Waals surface area contributed by atoms with Crippen molar-refractivity contribution in [2.45, 2.75) is 64.7 Å². The molecule has 0 aromatic carbocycles. The molecule has 0 amide bonds. The van der Waals surface area contributed by atoms with E-state index in [0.717, 1.165) is 25.0 Å². The zero-order valence-electron chi connectivity index (χ0n) is 12.5. The molecule has 0 aromatic heterocycles. The molecule has 1 aliphatic rings. The maximum atomic E-state index is 5.10. The predicted octanol–water partition coefficient (Wildman–Crippen LogP) is 4.00. The van der Waals surface area contributed by atoms with Crippen LogP contribution in [0.2, 0.25) is 0 Å². The second-order valence-corrected chi connectivity index (χ2v) is 5.85. The normalized spacial score (nSPS) is 18.3. The molecule has 0 aromatic rings. The molecule has 18 heavy (non-hydrogen) atoms. The molecule has 2 heteroatoms. The first-order valence-electron chi connectivity index (χ1n) is 8.08. The second-order valence-electron chi connectivity index (χ2n) is 5.85. The number of unbranched alkanes of at least 4 members (excludes halogenated alkanes) is 3. The van der Waals surface area contributed by atoms with Gasteiger partial charge in [-0.15, -0.1) is 0 Å². The van der Waals surface area contributed by atoms with Gasteiger partial charge in [-0.3, -0.25) is 0 Å². The van der Waals surface area contributed by atoms with E-state index >= 15 is 0 Å². The number of ether oxygens (including phenoxy) is 1. The van der Waals surface area contributed by atoms with Crippen molar-refractivity contribution in [1.29, 1.82) is 0 Å². The Hall–Kier alpha value is -0.0800.